The van der Waals surface area contributed by atoms with Gasteiger partial charge >= 0.3 is 0 Å². The molecule has 0 unspecified atom stereocenters. The molecule has 2 aliphatic rings. The molecule has 8 nitrogen and oxygen atoms in total. The number of piperidine rings is 1. The summed E-state index contributed by atoms with van der Waals surface area (Å²) in [5.74, 6) is 1.56. The Morgan fingerprint density at radius 1 is 0.875 bits per heavy atom. The van der Waals surface area contributed by atoms with Crippen molar-refractivity contribution < 1.29 is 4.79 Å². The highest BCUT2D eigenvalue weighted by atomic mass is 16.2. The Kier molecular flexibility index (Phi) is 4.56. The minimum atomic E-state index is 0.0238. The van der Waals surface area contributed by atoms with Crippen molar-refractivity contribution in [3.8, 4) is 5.69 Å². The largest absolute Gasteiger partial charge is 0.351 e. The smallest absolute Gasteiger partial charge is 0.256 e. The quantitative estimate of drug-likeness (QED) is 0.502. The predicted molar refractivity (Wildman–Crippen MR) is 121 cm³/mol. The molecule has 0 N–H and O–H groups in total. The van der Waals surface area contributed by atoms with E-state index >= 15 is 0 Å². The predicted octanol–water partition coefficient (Wildman–Crippen LogP) is 2.95. The van der Waals surface area contributed by atoms with Crippen LogP contribution in [0, 0.1) is 5.92 Å². The number of fused-ring (bicyclic) bond motifs is 2. The summed E-state index contributed by atoms with van der Waals surface area (Å²) in [5, 5.41) is 9.51. The molecule has 1 aromatic carbocycles. The van der Waals surface area contributed by atoms with Crippen LogP contribution in [-0.2, 0) is 0 Å². The lowest BCUT2D eigenvalue weighted by Crippen LogP contribution is -2.50. The van der Waals surface area contributed by atoms with Crippen LogP contribution < -0.4 is 4.90 Å². The second kappa shape index (κ2) is 7.71. The molecule has 3 aromatic heterocycles. The fourth-order valence-electron chi connectivity index (χ4n) is 5.14. The molecule has 2 saturated heterocycles. The molecule has 8 heteroatoms. The SMILES string of the molecule is O=C(c1ccccc1-n1nccn1)N1CC[C@H]2CCN(c3nccc4ncccc34)[C@H]2C1. The first kappa shape index (κ1) is 18.9. The summed E-state index contributed by atoms with van der Waals surface area (Å²) in [6.45, 7) is 2.40. The van der Waals surface area contributed by atoms with E-state index in [9.17, 15) is 4.79 Å². The number of carbonyl (C=O) groups is 1. The van der Waals surface area contributed by atoms with Crippen LogP contribution in [0.2, 0.25) is 0 Å². The fourth-order valence-corrected chi connectivity index (χ4v) is 5.14. The first-order chi connectivity index (χ1) is 15.8. The molecule has 2 atom stereocenters. The number of hydrogen-bond donors (Lipinski definition) is 0. The van der Waals surface area contributed by atoms with Crippen LogP contribution in [-0.4, -0.2) is 61.4 Å². The van der Waals surface area contributed by atoms with E-state index in [4.69, 9.17) is 4.98 Å². The van der Waals surface area contributed by atoms with Gasteiger partial charge < -0.3 is 9.80 Å². The lowest BCUT2D eigenvalue weighted by molar-refractivity contribution is 0.0678. The third-order valence-corrected chi connectivity index (χ3v) is 6.70. The molecule has 6 rings (SSSR count). The van der Waals surface area contributed by atoms with Crippen molar-refractivity contribution in [1.82, 2.24) is 29.9 Å². The Morgan fingerprint density at radius 3 is 2.62 bits per heavy atom. The van der Waals surface area contributed by atoms with E-state index in [2.05, 4.69) is 26.1 Å². The van der Waals surface area contributed by atoms with Crippen molar-refractivity contribution in [1.29, 1.82) is 0 Å². The highest BCUT2D eigenvalue weighted by Crippen LogP contribution is 2.37. The minimum absolute atomic E-state index is 0.0238. The highest BCUT2D eigenvalue weighted by molar-refractivity contribution is 5.98. The Labute approximate surface area is 185 Å². The number of nitrogens with zero attached hydrogens (tertiary/aromatic N) is 7. The Morgan fingerprint density at radius 2 is 1.72 bits per heavy atom. The van der Waals surface area contributed by atoms with Gasteiger partial charge in [0.05, 0.1) is 35.2 Å². The molecule has 0 bridgehead atoms. The van der Waals surface area contributed by atoms with E-state index in [0.29, 0.717) is 23.7 Å². The first-order valence-electron chi connectivity index (χ1n) is 11.0. The number of hydrogen-bond acceptors (Lipinski definition) is 6. The zero-order valence-corrected chi connectivity index (χ0v) is 17.6. The number of amides is 1. The highest BCUT2D eigenvalue weighted by Gasteiger charge is 2.41. The molecule has 2 fully saturated rings. The van der Waals surface area contributed by atoms with Crippen LogP contribution in [0.1, 0.15) is 23.2 Å². The summed E-state index contributed by atoms with van der Waals surface area (Å²) in [4.78, 5) is 28.7. The zero-order valence-electron chi connectivity index (χ0n) is 17.6. The lowest BCUT2D eigenvalue weighted by atomic mass is 9.91. The van der Waals surface area contributed by atoms with Gasteiger partial charge in [-0.2, -0.15) is 15.0 Å². The van der Waals surface area contributed by atoms with Crippen molar-refractivity contribution in [3.05, 3.63) is 72.8 Å². The van der Waals surface area contributed by atoms with E-state index < -0.39 is 0 Å². The van der Waals surface area contributed by atoms with Crippen LogP contribution in [0.3, 0.4) is 0 Å². The van der Waals surface area contributed by atoms with Crippen molar-refractivity contribution in [2.45, 2.75) is 18.9 Å². The standard InChI is InChI=1S/C24H23N7O/c32-24(19-4-1-2-6-21(19)31-27-12-13-28-31)29-14-8-17-9-15-30(22(17)16-29)23-18-5-3-10-25-20(18)7-11-26-23/h1-7,10-13,17,22H,8-9,14-16H2/t17-,22-/m0/s1. The van der Waals surface area contributed by atoms with Crippen LogP contribution in [0.15, 0.2) is 67.3 Å². The van der Waals surface area contributed by atoms with Crippen molar-refractivity contribution in [3.63, 3.8) is 0 Å². The number of aromatic nitrogens is 5. The normalized spacial score (nSPS) is 20.5. The number of anilines is 1. The van der Waals surface area contributed by atoms with Gasteiger partial charge in [0.2, 0.25) is 0 Å². The number of rotatable bonds is 3. The average Bonchev–Trinajstić information content (AvgIpc) is 3.53. The molecular weight excluding hydrogens is 402 g/mol. The van der Waals surface area contributed by atoms with Gasteiger partial charge in [-0.15, -0.1) is 0 Å². The molecule has 5 heterocycles. The van der Waals surface area contributed by atoms with Gasteiger partial charge in [-0.25, -0.2) is 4.98 Å². The molecule has 160 valence electrons. The summed E-state index contributed by atoms with van der Waals surface area (Å²) in [5.41, 5.74) is 2.28. The van der Waals surface area contributed by atoms with Crippen molar-refractivity contribution >= 4 is 22.6 Å². The maximum absolute atomic E-state index is 13.6. The second-order valence-corrected chi connectivity index (χ2v) is 8.39. The van der Waals surface area contributed by atoms with Crippen molar-refractivity contribution in [2.24, 2.45) is 5.92 Å². The third kappa shape index (κ3) is 3.10. The number of para-hydroxylation sites is 1. The van der Waals surface area contributed by atoms with E-state index in [1.807, 2.05) is 53.7 Å². The van der Waals surface area contributed by atoms with E-state index in [-0.39, 0.29) is 11.9 Å². The molecule has 0 spiro atoms. The summed E-state index contributed by atoms with van der Waals surface area (Å²) in [6.07, 6.45) is 9.00. The molecule has 0 saturated carbocycles. The zero-order chi connectivity index (χ0) is 21.5. The molecule has 4 aromatic rings. The Balaban J connectivity index is 1.30. The molecule has 32 heavy (non-hydrogen) atoms. The number of benzene rings is 1. The topological polar surface area (TPSA) is 80.0 Å². The Hall–Kier alpha value is -3.81. The number of likely N-dealkylation sites (tertiary alicyclic amines) is 1. The molecule has 0 radical (unpaired) electrons. The summed E-state index contributed by atoms with van der Waals surface area (Å²) >= 11 is 0. The molecule has 1 amide bonds. The summed E-state index contributed by atoms with van der Waals surface area (Å²) < 4.78 is 0. The van der Waals surface area contributed by atoms with E-state index in [1.165, 1.54) is 4.80 Å². The van der Waals surface area contributed by atoms with Crippen LogP contribution >= 0.6 is 0 Å². The monoisotopic (exact) mass is 425 g/mol. The van der Waals surface area contributed by atoms with Crippen LogP contribution in [0.4, 0.5) is 5.82 Å². The van der Waals surface area contributed by atoms with Crippen LogP contribution in [0.25, 0.3) is 16.6 Å². The summed E-state index contributed by atoms with van der Waals surface area (Å²) in [7, 11) is 0. The molecular formula is C24H23N7O. The maximum atomic E-state index is 13.6. The van der Waals surface area contributed by atoms with Gasteiger partial charge in [-0.3, -0.25) is 9.78 Å². The number of carbonyl (C=O) groups excluding carboxylic acids is 1. The van der Waals surface area contributed by atoms with Gasteiger partial charge in [-0.1, -0.05) is 12.1 Å². The van der Waals surface area contributed by atoms with E-state index in [0.717, 1.165) is 42.7 Å². The summed E-state index contributed by atoms with van der Waals surface area (Å²) in [6, 6.07) is 13.8. The fraction of sp³-hybridized carbons (Fsp3) is 0.292. The first-order valence-corrected chi connectivity index (χ1v) is 11.0. The van der Waals surface area contributed by atoms with Gasteiger partial charge in [0.25, 0.3) is 5.91 Å². The van der Waals surface area contributed by atoms with E-state index in [1.54, 1.807) is 12.4 Å². The van der Waals surface area contributed by atoms with Gasteiger partial charge in [-0.05, 0) is 49.1 Å². The van der Waals surface area contributed by atoms with Gasteiger partial charge in [0, 0.05) is 37.4 Å². The maximum Gasteiger partial charge on any atom is 0.256 e. The van der Waals surface area contributed by atoms with Gasteiger partial charge in [0.15, 0.2) is 0 Å². The third-order valence-electron chi connectivity index (χ3n) is 6.70. The van der Waals surface area contributed by atoms with Crippen molar-refractivity contribution in [2.75, 3.05) is 24.5 Å². The second-order valence-electron chi connectivity index (χ2n) is 8.39. The number of pyridine rings is 2. The lowest BCUT2D eigenvalue weighted by Gasteiger charge is -2.39. The van der Waals surface area contributed by atoms with Gasteiger partial charge in [0.1, 0.15) is 5.82 Å². The Bertz CT molecular complexity index is 1270. The molecule has 0 aliphatic carbocycles. The molecule has 2 aliphatic heterocycles. The average molecular weight is 425 g/mol. The minimum Gasteiger partial charge on any atom is -0.351 e. The van der Waals surface area contributed by atoms with Crippen LogP contribution in [0.5, 0.6) is 0 Å².